The molecule has 1 unspecified atom stereocenters. The van der Waals surface area contributed by atoms with Crippen LogP contribution in [0.2, 0.25) is 0 Å². The molecule has 2 aromatic carbocycles. The lowest BCUT2D eigenvalue weighted by Crippen LogP contribution is -2.49. The Morgan fingerprint density at radius 3 is 2.60 bits per heavy atom. The summed E-state index contributed by atoms with van der Waals surface area (Å²) in [6.45, 7) is 4.69. The van der Waals surface area contributed by atoms with Crippen molar-refractivity contribution >= 4 is 10.8 Å². The highest BCUT2D eigenvalue weighted by Gasteiger charge is 2.34. The zero-order valence-electron chi connectivity index (χ0n) is 15.6. The zero-order chi connectivity index (χ0) is 17.1. The summed E-state index contributed by atoms with van der Waals surface area (Å²) in [5, 5.41) is 6.51. The van der Waals surface area contributed by atoms with Crippen LogP contribution in [0.3, 0.4) is 0 Å². The van der Waals surface area contributed by atoms with Crippen LogP contribution in [0.1, 0.15) is 57.4 Å². The summed E-state index contributed by atoms with van der Waals surface area (Å²) in [4.78, 5) is 2.84. The Kier molecular flexibility index (Phi) is 5.38. The van der Waals surface area contributed by atoms with E-state index in [4.69, 9.17) is 0 Å². The second-order valence-electron chi connectivity index (χ2n) is 8.09. The molecule has 1 heterocycles. The fourth-order valence-corrected chi connectivity index (χ4v) is 4.98. The minimum Gasteiger partial charge on any atom is -0.309 e. The van der Waals surface area contributed by atoms with Crippen molar-refractivity contribution in [2.24, 2.45) is 0 Å². The quantitative estimate of drug-likeness (QED) is 0.816. The molecule has 0 aromatic heterocycles. The van der Waals surface area contributed by atoms with E-state index in [1.165, 1.54) is 67.8 Å². The number of likely N-dealkylation sites (tertiary alicyclic amines) is 1. The Morgan fingerprint density at radius 1 is 0.960 bits per heavy atom. The normalized spacial score (nSPS) is 24.0. The Balaban J connectivity index is 1.37. The van der Waals surface area contributed by atoms with Gasteiger partial charge in [0.15, 0.2) is 0 Å². The molecule has 0 amide bonds. The molecular formula is C23H32N2. The van der Waals surface area contributed by atoms with Gasteiger partial charge in [-0.05, 0) is 61.6 Å². The van der Waals surface area contributed by atoms with E-state index in [0.717, 1.165) is 18.6 Å². The van der Waals surface area contributed by atoms with E-state index in [0.29, 0.717) is 6.04 Å². The summed E-state index contributed by atoms with van der Waals surface area (Å²) in [5.74, 6) is 0. The van der Waals surface area contributed by atoms with Gasteiger partial charge < -0.3 is 5.32 Å². The maximum absolute atomic E-state index is 3.83. The fourth-order valence-electron chi connectivity index (χ4n) is 4.98. The van der Waals surface area contributed by atoms with Gasteiger partial charge in [-0.2, -0.15) is 0 Å². The molecule has 1 saturated heterocycles. The van der Waals surface area contributed by atoms with Crippen molar-refractivity contribution in [2.75, 3.05) is 6.54 Å². The number of hydrogen-bond donors (Lipinski definition) is 1. The molecule has 0 spiro atoms. The third kappa shape index (κ3) is 3.91. The highest BCUT2D eigenvalue weighted by Crippen LogP contribution is 2.30. The topological polar surface area (TPSA) is 15.3 Å². The van der Waals surface area contributed by atoms with Crippen molar-refractivity contribution in [1.29, 1.82) is 0 Å². The van der Waals surface area contributed by atoms with Gasteiger partial charge in [-0.1, -0.05) is 55.7 Å². The minimum atomic E-state index is 0.566. The maximum Gasteiger partial charge on any atom is 0.0250 e. The molecule has 2 heteroatoms. The summed E-state index contributed by atoms with van der Waals surface area (Å²) in [6, 6.07) is 17.6. The number of nitrogens with one attached hydrogen (secondary N) is 1. The van der Waals surface area contributed by atoms with E-state index in [2.05, 4.69) is 59.6 Å². The average Bonchev–Trinajstić information content (AvgIpc) is 3.16. The lowest BCUT2D eigenvalue weighted by molar-refractivity contribution is 0.121. The van der Waals surface area contributed by atoms with E-state index in [-0.39, 0.29) is 0 Å². The van der Waals surface area contributed by atoms with Gasteiger partial charge in [0.05, 0.1) is 0 Å². The molecule has 1 aliphatic heterocycles. The van der Waals surface area contributed by atoms with Gasteiger partial charge in [-0.3, -0.25) is 4.90 Å². The molecule has 134 valence electrons. The maximum atomic E-state index is 3.83. The zero-order valence-corrected chi connectivity index (χ0v) is 15.6. The van der Waals surface area contributed by atoms with E-state index >= 15 is 0 Å². The number of benzene rings is 2. The Morgan fingerprint density at radius 2 is 1.76 bits per heavy atom. The van der Waals surface area contributed by atoms with Gasteiger partial charge in [-0.25, -0.2) is 0 Å². The predicted octanol–water partition coefficient (Wildman–Crippen LogP) is 5.12. The second-order valence-corrected chi connectivity index (χ2v) is 8.09. The Labute approximate surface area is 152 Å². The third-order valence-corrected chi connectivity index (χ3v) is 6.41. The molecule has 2 nitrogen and oxygen atoms in total. The SMILES string of the molecule is CC(NCc1ccc2ccccc2c1)[C@@H]1CCCN1C1CCCCC1. The molecule has 1 saturated carbocycles. The van der Waals surface area contributed by atoms with Crippen LogP contribution in [-0.4, -0.2) is 29.6 Å². The first-order valence-electron chi connectivity index (χ1n) is 10.3. The van der Waals surface area contributed by atoms with E-state index in [1.54, 1.807) is 0 Å². The molecule has 1 N–H and O–H groups in total. The number of rotatable bonds is 5. The van der Waals surface area contributed by atoms with Crippen LogP contribution in [0.15, 0.2) is 42.5 Å². The lowest BCUT2D eigenvalue weighted by Gasteiger charge is -2.38. The predicted molar refractivity (Wildman–Crippen MR) is 107 cm³/mol. The van der Waals surface area contributed by atoms with Crippen molar-refractivity contribution in [3.05, 3.63) is 48.0 Å². The first-order valence-corrected chi connectivity index (χ1v) is 10.3. The summed E-state index contributed by atoms with van der Waals surface area (Å²) in [6.07, 6.45) is 9.91. The largest absolute Gasteiger partial charge is 0.309 e. The molecule has 2 fully saturated rings. The fraction of sp³-hybridized carbons (Fsp3) is 0.565. The lowest BCUT2D eigenvalue weighted by atomic mass is 9.93. The van der Waals surface area contributed by atoms with Gasteiger partial charge >= 0.3 is 0 Å². The summed E-state index contributed by atoms with van der Waals surface area (Å²) < 4.78 is 0. The van der Waals surface area contributed by atoms with Crippen LogP contribution in [0.5, 0.6) is 0 Å². The monoisotopic (exact) mass is 336 g/mol. The Hall–Kier alpha value is -1.38. The molecular weight excluding hydrogens is 304 g/mol. The van der Waals surface area contributed by atoms with Gasteiger partial charge in [-0.15, -0.1) is 0 Å². The Bertz CT molecular complexity index is 689. The van der Waals surface area contributed by atoms with Crippen molar-refractivity contribution in [3.63, 3.8) is 0 Å². The summed E-state index contributed by atoms with van der Waals surface area (Å²) in [7, 11) is 0. The smallest absolute Gasteiger partial charge is 0.0250 e. The number of fused-ring (bicyclic) bond motifs is 1. The molecule has 4 rings (SSSR count). The summed E-state index contributed by atoms with van der Waals surface area (Å²) in [5.41, 5.74) is 1.40. The third-order valence-electron chi connectivity index (χ3n) is 6.41. The van der Waals surface area contributed by atoms with Gasteiger partial charge in [0, 0.05) is 24.7 Å². The van der Waals surface area contributed by atoms with Crippen molar-refractivity contribution in [2.45, 2.75) is 76.5 Å². The van der Waals surface area contributed by atoms with Crippen molar-refractivity contribution in [3.8, 4) is 0 Å². The molecule has 0 radical (unpaired) electrons. The van der Waals surface area contributed by atoms with Gasteiger partial charge in [0.1, 0.15) is 0 Å². The van der Waals surface area contributed by atoms with Gasteiger partial charge in [0.25, 0.3) is 0 Å². The highest BCUT2D eigenvalue weighted by atomic mass is 15.2. The standard InChI is InChI=1S/C23H32N2/c1-18(23-12-7-15-25(23)22-10-3-2-4-11-22)24-17-19-13-14-20-8-5-6-9-21(20)16-19/h5-6,8-9,13-14,16,18,22-24H,2-4,7,10-12,15,17H2,1H3/t18?,23-/m0/s1. The molecule has 1 aliphatic carbocycles. The second kappa shape index (κ2) is 7.88. The van der Waals surface area contributed by atoms with Crippen molar-refractivity contribution in [1.82, 2.24) is 10.2 Å². The first-order chi connectivity index (χ1) is 12.3. The number of nitrogens with zero attached hydrogens (tertiary/aromatic N) is 1. The van der Waals surface area contributed by atoms with Crippen LogP contribution in [-0.2, 0) is 6.54 Å². The van der Waals surface area contributed by atoms with Crippen LogP contribution >= 0.6 is 0 Å². The van der Waals surface area contributed by atoms with Crippen LogP contribution in [0.4, 0.5) is 0 Å². The van der Waals surface area contributed by atoms with E-state index in [9.17, 15) is 0 Å². The first kappa shape index (κ1) is 17.1. The van der Waals surface area contributed by atoms with E-state index in [1.807, 2.05) is 0 Å². The van der Waals surface area contributed by atoms with Crippen molar-refractivity contribution < 1.29 is 0 Å². The molecule has 0 bridgehead atoms. The van der Waals surface area contributed by atoms with Crippen LogP contribution in [0, 0.1) is 0 Å². The average molecular weight is 337 g/mol. The number of hydrogen-bond acceptors (Lipinski definition) is 2. The molecule has 2 aromatic rings. The van der Waals surface area contributed by atoms with Gasteiger partial charge in [0.2, 0.25) is 0 Å². The highest BCUT2D eigenvalue weighted by molar-refractivity contribution is 5.82. The molecule has 2 aliphatic rings. The van der Waals surface area contributed by atoms with Crippen LogP contribution in [0.25, 0.3) is 10.8 Å². The minimum absolute atomic E-state index is 0.566. The summed E-state index contributed by atoms with van der Waals surface area (Å²) >= 11 is 0. The van der Waals surface area contributed by atoms with Crippen LogP contribution < -0.4 is 5.32 Å². The molecule has 2 atom stereocenters. The molecule has 25 heavy (non-hydrogen) atoms. The van der Waals surface area contributed by atoms with E-state index < -0.39 is 0 Å².